The van der Waals surface area contributed by atoms with Crippen LogP contribution < -0.4 is 20.7 Å². The van der Waals surface area contributed by atoms with Crippen LogP contribution in [0.25, 0.3) is 0 Å². The monoisotopic (exact) mass is 744 g/mol. The van der Waals surface area contributed by atoms with Gasteiger partial charge in [-0.3, -0.25) is 24.0 Å². The summed E-state index contributed by atoms with van der Waals surface area (Å²) in [7, 11) is -4.28. The van der Waals surface area contributed by atoms with Gasteiger partial charge < -0.3 is 20.9 Å². The van der Waals surface area contributed by atoms with Gasteiger partial charge in [0.15, 0.2) is 0 Å². The van der Waals surface area contributed by atoms with E-state index in [1.165, 1.54) is 11.0 Å². The predicted octanol–water partition coefficient (Wildman–Crippen LogP) is 2.29. The maximum absolute atomic E-state index is 14.7. The van der Waals surface area contributed by atoms with E-state index in [0.29, 0.717) is 25.7 Å². The molecule has 0 spiro atoms. The van der Waals surface area contributed by atoms with Crippen molar-refractivity contribution in [3.8, 4) is 0 Å². The van der Waals surface area contributed by atoms with Gasteiger partial charge >= 0.3 is 0 Å². The van der Waals surface area contributed by atoms with Crippen molar-refractivity contribution in [2.24, 2.45) is 22.7 Å². The molecule has 1 saturated heterocycles. The minimum absolute atomic E-state index is 0.101. The third kappa shape index (κ3) is 10.1. The van der Waals surface area contributed by atoms with Crippen LogP contribution in [0.2, 0.25) is 0 Å². The van der Waals surface area contributed by atoms with Crippen LogP contribution in [0.4, 0.5) is 0 Å². The highest BCUT2D eigenvalue weighted by Gasteiger charge is 2.49. The van der Waals surface area contributed by atoms with Gasteiger partial charge in [-0.25, -0.2) is 18.5 Å². The summed E-state index contributed by atoms with van der Waals surface area (Å²) in [5.74, 6) is -3.49. The lowest BCUT2D eigenvalue weighted by Crippen LogP contribution is -2.63. The van der Waals surface area contributed by atoms with Gasteiger partial charge in [0.05, 0.1) is 6.04 Å². The Morgan fingerprint density at radius 2 is 1.75 bits per heavy atom. The molecular weight excluding hydrogens is 689 g/mol. The molecule has 1 aromatic heterocycles. The van der Waals surface area contributed by atoms with Gasteiger partial charge in [-0.15, -0.1) is 6.58 Å². The van der Waals surface area contributed by atoms with E-state index in [-0.39, 0.29) is 24.9 Å². The Balaban J connectivity index is 1.64. The van der Waals surface area contributed by atoms with Gasteiger partial charge in [0, 0.05) is 19.0 Å². The molecule has 4 amide bonds. The van der Waals surface area contributed by atoms with E-state index in [4.69, 9.17) is 0 Å². The first-order valence-corrected chi connectivity index (χ1v) is 19.7. The van der Waals surface area contributed by atoms with Crippen molar-refractivity contribution in [2.45, 2.75) is 129 Å². The number of allylic oxidation sites excluding steroid dienone is 1. The zero-order valence-corrected chi connectivity index (χ0v) is 32.1. The van der Waals surface area contributed by atoms with Crippen LogP contribution in [-0.2, 0) is 34.0 Å². The Morgan fingerprint density at radius 1 is 1.08 bits per heavy atom. The average Bonchev–Trinajstić information content (AvgIpc) is 3.51. The summed E-state index contributed by atoms with van der Waals surface area (Å²) >= 11 is 0. The van der Waals surface area contributed by atoms with Gasteiger partial charge in [-0.2, -0.15) is 9.82 Å². The molecule has 0 aromatic carbocycles. The molecule has 1 aromatic rings. The highest BCUT2D eigenvalue weighted by atomic mass is 32.2. The first-order chi connectivity index (χ1) is 24.4. The Bertz CT molecular complexity index is 1620. The minimum atomic E-state index is -4.28. The quantitative estimate of drug-likeness (QED) is 0.124. The molecule has 16 heteroatoms. The molecule has 52 heavy (non-hydrogen) atoms. The zero-order chi connectivity index (χ0) is 38.4. The molecule has 5 N–H and O–H groups in total. The number of nitrogens with zero attached hydrogens (tertiary/aromatic N) is 3. The highest BCUT2D eigenvalue weighted by molar-refractivity contribution is 7.89. The van der Waals surface area contributed by atoms with Crippen molar-refractivity contribution in [3.63, 3.8) is 0 Å². The normalized spacial score (nSPS) is 22.0. The predicted molar refractivity (Wildman–Crippen MR) is 194 cm³/mol. The van der Waals surface area contributed by atoms with Crippen molar-refractivity contribution in [1.82, 2.24) is 40.8 Å². The summed E-state index contributed by atoms with van der Waals surface area (Å²) < 4.78 is 29.3. The third-order valence-electron chi connectivity index (χ3n) is 10.3. The van der Waals surface area contributed by atoms with E-state index >= 15 is 0 Å². The van der Waals surface area contributed by atoms with Crippen LogP contribution in [0.5, 0.6) is 0 Å². The average molecular weight is 745 g/mol. The van der Waals surface area contributed by atoms with E-state index < -0.39 is 79.6 Å². The summed E-state index contributed by atoms with van der Waals surface area (Å²) in [5.41, 5.74) is -0.681. The van der Waals surface area contributed by atoms with Crippen molar-refractivity contribution >= 4 is 39.4 Å². The molecule has 3 fully saturated rings. The molecular formula is C36H56N8O7S. The fourth-order valence-electron chi connectivity index (χ4n) is 7.32. The van der Waals surface area contributed by atoms with E-state index in [9.17, 15) is 32.4 Å². The first kappa shape index (κ1) is 40.8. The van der Waals surface area contributed by atoms with Crippen LogP contribution in [0, 0.1) is 22.7 Å². The fourth-order valence-corrected chi connectivity index (χ4v) is 8.50. The van der Waals surface area contributed by atoms with Crippen LogP contribution in [0.3, 0.4) is 0 Å². The zero-order valence-electron chi connectivity index (χ0n) is 31.3. The molecule has 5 atom stereocenters. The molecule has 15 nitrogen and oxygen atoms in total. The number of Topliss-reactive ketones (excluding diaryl/α,β-unsaturated/α-hetero) is 1. The standard InChI is InChI=1S/C36H56N8O7S/c1-8-17-37-31(47)27(45)25(20-23-12-13-23)40-30(46)26-24(19-22(2)3)14-18-44(26)33(49)29(35(4,5)6)41-32(48)28(36(7)15-10-9-11-16-36)43-52(50,51)34-38-21-39-42-34/h8,19,21,23-26,28-29,43H,1,9-18,20H2,2-7H3,(H,37,47)(H,40,46)(H,41,48)(H,38,39,42)/t24-,25?,26+,28-,29-/m1/s1. The fraction of sp³-hybridized carbons (Fsp3) is 0.694. The first-order valence-electron chi connectivity index (χ1n) is 18.2. The summed E-state index contributed by atoms with van der Waals surface area (Å²) in [5, 5.41) is 13.8. The molecule has 3 aliphatic rings. The van der Waals surface area contributed by atoms with E-state index in [2.05, 4.69) is 42.4 Å². The summed E-state index contributed by atoms with van der Waals surface area (Å²) in [6, 6.07) is -4.48. The maximum atomic E-state index is 14.7. The Labute approximate surface area is 307 Å². The lowest BCUT2D eigenvalue weighted by molar-refractivity contribution is -0.146. The van der Waals surface area contributed by atoms with E-state index in [1.54, 1.807) is 20.8 Å². The molecule has 2 saturated carbocycles. The van der Waals surface area contributed by atoms with Crippen molar-refractivity contribution < 1.29 is 32.4 Å². The van der Waals surface area contributed by atoms with Gasteiger partial charge in [0.2, 0.25) is 23.5 Å². The molecule has 2 aliphatic carbocycles. The Kier molecular flexibility index (Phi) is 13.2. The van der Waals surface area contributed by atoms with E-state index in [0.717, 1.165) is 44.0 Å². The van der Waals surface area contributed by atoms with Crippen molar-refractivity contribution in [1.29, 1.82) is 0 Å². The maximum Gasteiger partial charge on any atom is 0.289 e. The number of sulfonamides is 1. The van der Waals surface area contributed by atoms with Crippen LogP contribution >= 0.6 is 0 Å². The number of likely N-dealkylation sites (tertiary alicyclic amines) is 1. The van der Waals surface area contributed by atoms with Gasteiger partial charge in [-0.05, 0) is 56.3 Å². The number of hydrogen-bond donors (Lipinski definition) is 5. The molecule has 1 aliphatic heterocycles. The number of aromatic amines is 1. The SMILES string of the molecule is C=CCNC(=O)C(=O)C(CC1CC1)NC(=O)[C@@H]1[C@@H](C=C(C)C)CCN1C(=O)[C@@H](NC(=O)[C@@H](NS(=O)(=O)c1ncn[nH]1)C1(C)CCCCC1)C(C)(C)C. The molecule has 288 valence electrons. The van der Waals surface area contributed by atoms with Gasteiger partial charge in [0.25, 0.3) is 21.1 Å². The van der Waals surface area contributed by atoms with Crippen LogP contribution in [-0.4, -0.2) is 95.2 Å². The smallest absolute Gasteiger partial charge is 0.289 e. The lowest BCUT2D eigenvalue weighted by Gasteiger charge is -2.42. The second kappa shape index (κ2) is 16.8. The number of ketones is 1. The number of amides is 4. The van der Waals surface area contributed by atoms with Gasteiger partial charge in [0.1, 0.15) is 24.5 Å². The van der Waals surface area contributed by atoms with E-state index in [1.807, 2.05) is 26.8 Å². The number of hydrogen-bond acceptors (Lipinski definition) is 9. The number of aromatic nitrogens is 3. The number of carbonyl (C=O) groups is 5. The summed E-state index contributed by atoms with van der Waals surface area (Å²) in [4.78, 5) is 74.3. The molecule has 4 rings (SSSR count). The largest absolute Gasteiger partial charge is 0.346 e. The number of carbonyl (C=O) groups excluding carboxylic acids is 5. The lowest BCUT2D eigenvalue weighted by atomic mass is 9.70. The molecule has 1 unspecified atom stereocenters. The highest BCUT2D eigenvalue weighted by Crippen LogP contribution is 2.40. The number of rotatable bonds is 16. The second-order valence-corrected chi connectivity index (χ2v) is 17.8. The van der Waals surface area contributed by atoms with Gasteiger partial charge in [-0.1, -0.05) is 77.5 Å². The summed E-state index contributed by atoms with van der Waals surface area (Å²) in [6.07, 6.45) is 10.7. The molecule has 0 radical (unpaired) electrons. The Hall–Kier alpha value is -3.92. The third-order valence-corrected chi connectivity index (χ3v) is 11.6. The molecule has 0 bridgehead atoms. The Morgan fingerprint density at radius 3 is 2.31 bits per heavy atom. The second-order valence-electron chi connectivity index (χ2n) is 16.1. The topological polar surface area (TPSA) is 212 Å². The molecule has 2 heterocycles. The number of H-pyrrole nitrogens is 1. The van der Waals surface area contributed by atoms with Crippen molar-refractivity contribution in [2.75, 3.05) is 13.1 Å². The van der Waals surface area contributed by atoms with Crippen molar-refractivity contribution in [3.05, 3.63) is 30.6 Å². The number of nitrogens with one attached hydrogen (secondary N) is 5. The van der Waals surface area contributed by atoms with Crippen LogP contribution in [0.1, 0.15) is 99.3 Å². The minimum Gasteiger partial charge on any atom is -0.346 e. The summed E-state index contributed by atoms with van der Waals surface area (Å²) in [6.45, 7) is 14.9. The van der Waals surface area contributed by atoms with Crippen LogP contribution in [0.15, 0.2) is 35.8 Å².